The molecule has 3 rings (SSSR count). The maximum Gasteiger partial charge on any atom is 0.573 e. The molecule has 1 saturated carbocycles. The Bertz CT molecular complexity index is 913. The number of hydrogen-bond donors (Lipinski definition) is 1. The molecule has 1 aromatic heterocycles. The summed E-state index contributed by atoms with van der Waals surface area (Å²) >= 11 is 0. The van der Waals surface area contributed by atoms with Gasteiger partial charge in [-0.1, -0.05) is 0 Å². The van der Waals surface area contributed by atoms with Crippen molar-refractivity contribution in [2.24, 2.45) is 0 Å². The van der Waals surface area contributed by atoms with Gasteiger partial charge in [0.25, 0.3) is 0 Å². The quantitative estimate of drug-likeness (QED) is 0.701. The first kappa shape index (κ1) is 21.2. The number of hydrogen-bond acceptors (Lipinski definition) is 6. The number of aromatic nitrogens is 2. The summed E-state index contributed by atoms with van der Waals surface area (Å²) in [4.78, 5) is 7.28. The molecule has 0 unspecified atom stereocenters. The summed E-state index contributed by atoms with van der Waals surface area (Å²) in [5, 5.41) is 0. The average Bonchev–Trinajstić information content (AvgIpc) is 2.64. The molecule has 12 heteroatoms. The zero-order valence-electron chi connectivity index (χ0n) is 14.9. The lowest BCUT2D eigenvalue weighted by Crippen LogP contribution is -2.39. The van der Waals surface area contributed by atoms with Crippen molar-refractivity contribution in [2.45, 2.75) is 49.1 Å². The number of benzene rings is 1. The van der Waals surface area contributed by atoms with Gasteiger partial charge in [-0.2, -0.15) is 0 Å². The van der Waals surface area contributed by atoms with Crippen LogP contribution < -0.4 is 14.2 Å². The molecule has 0 aliphatic heterocycles. The minimum Gasteiger partial charge on any atom is -0.460 e. The highest BCUT2D eigenvalue weighted by Crippen LogP contribution is 2.26. The summed E-state index contributed by atoms with van der Waals surface area (Å²) in [5.41, 5.74) is 0. The van der Waals surface area contributed by atoms with Gasteiger partial charge in [-0.3, -0.25) is 0 Å². The van der Waals surface area contributed by atoms with Crippen LogP contribution in [0.1, 0.15) is 25.7 Å². The normalized spacial score (nSPS) is 20.3. The van der Waals surface area contributed by atoms with Crippen LogP contribution in [0.15, 0.2) is 41.6 Å². The van der Waals surface area contributed by atoms with Crippen LogP contribution >= 0.6 is 0 Å². The molecule has 7 nitrogen and oxygen atoms in total. The molecule has 1 aliphatic carbocycles. The second-order valence-electron chi connectivity index (χ2n) is 6.42. The highest BCUT2D eigenvalue weighted by atomic mass is 32.2. The molecule has 0 spiro atoms. The Kier molecular flexibility index (Phi) is 6.22. The van der Waals surface area contributed by atoms with Crippen LogP contribution in [0.4, 0.5) is 17.6 Å². The molecule has 2 aromatic rings. The average molecular weight is 435 g/mol. The number of rotatable bonds is 6. The van der Waals surface area contributed by atoms with Crippen LogP contribution in [0.5, 0.6) is 11.8 Å². The molecule has 29 heavy (non-hydrogen) atoms. The molecule has 1 aliphatic rings. The van der Waals surface area contributed by atoms with Gasteiger partial charge >= 0.3 is 12.4 Å². The lowest BCUT2D eigenvalue weighted by Gasteiger charge is -2.28. The number of alkyl halides is 3. The van der Waals surface area contributed by atoms with Gasteiger partial charge in [0, 0.05) is 6.04 Å². The fourth-order valence-electron chi connectivity index (χ4n) is 2.92. The van der Waals surface area contributed by atoms with E-state index in [4.69, 9.17) is 4.74 Å². The van der Waals surface area contributed by atoms with E-state index in [0.717, 1.165) is 36.7 Å². The molecule has 0 atom stereocenters. The monoisotopic (exact) mass is 435 g/mol. The lowest BCUT2D eigenvalue weighted by atomic mass is 9.94. The second kappa shape index (κ2) is 8.49. The predicted octanol–water partition coefficient (Wildman–Crippen LogP) is 3.18. The largest absolute Gasteiger partial charge is 0.573 e. The van der Waals surface area contributed by atoms with E-state index < -0.39 is 28.0 Å². The van der Waals surface area contributed by atoms with Crippen molar-refractivity contribution in [3.05, 3.63) is 42.5 Å². The highest BCUT2D eigenvalue weighted by Gasteiger charge is 2.31. The van der Waals surface area contributed by atoms with Crippen molar-refractivity contribution in [3.63, 3.8) is 0 Å². The van der Waals surface area contributed by atoms with E-state index in [2.05, 4.69) is 19.4 Å². The van der Waals surface area contributed by atoms with Crippen molar-refractivity contribution in [3.8, 4) is 11.8 Å². The smallest absolute Gasteiger partial charge is 0.460 e. The Morgan fingerprint density at radius 1 is 1.00 bits per heavy atom. The summed E-state index contributed by atoms with van der Waals surface area (Å²) in [6.07, 6.45) is -1.04. The summed E-state index contributed by atoms with van der Waals surface area (Å²) in [5.74, 6) is -1.08. The molecule has 0 bridgehead atoms. The first-order valence-electron chi connectivity index (χ1n) is 8.63. The van der Waals surface area contributed by atoms with Crippen molar-refractivity contribution >= 4 is 10.0 Å². The number of sulfonamides is 1. The lowest BCUT2D eigenvalue weighted by molar-refractivity contribution is -0.274. The summed E-state index contributed by atoms with van der Waals surface area (Å²) < 4.78 is 86.1. The number of nitrogens with one attached hydrogen (secondary N) is 1. The van der Waals surface area contributed by atoms with Crippen LogP contribution in [0, 0.1) is 5.82 Å². The number of nitrogens with zero attached hydrogens (tertiary/aromatic N) is 2. The van der Waals surface area contributed by atoms with Gasteiger partial charge in [0.1, 0.15) is 11.9 Å². The van der Waals surface area contributed by atoms with Crippen molar-refractivity contribution < 1.29 is 35.5 Å². The van der Waals surface area contributed by atoms with Crippen molar-refractivity contribution in [2.75, 3.05) is 0 Å². The van der Waals surface area contributed by atoms with Crippen LogP contribution in [0.3, 0.4) is 0 Å². The van der Waals surface area contributed by atoms with E-state index in [1.807, 2.05) is 0 Å². The SMILES string of the molecule is O=S(=O)(NC1CCC(Oc2ncc(F)cn2)CC1)c1ccc(OC(F)(F)F)cc1. The molecular formula is C17H17F4N3O4S. The standard InChI is InChI=1S/C17H17F4N3O4S/c18-11-9-22-16(23-10-11)27-13-3-1-12(2-4-13)24-29(25,26)15-7-5-14(6-8-15)28-17(19,20)21/h5-10,12-13,24H,1-4H2. The highest BCUT2D eigenvalue weighted by molar-refractivity contribution is 7.89. The topological polar surface area (TPSA) is 90.4 Å². The molecule has 0 amide bonds. The predicted molar refractivity (Wildman–Crippen MR) is 92.1 cm³/mol. The van der Waals surface area contributed by atoms with Crippen LogP contribution in [-0.4, -0.2) is 36.9 Å². The van der Waals surface area contributed by atoms with Crippen LogP contribution in [-0.2, 0) is 10.0 Å². The van der Waals surface area contributed by atoms with E-state index in [0.29, 0.717) is 25.7 Å². The summed E-state index contributed by atoms with van der Waals surface area (Å²) in [6, 6.07) is 3.68. The Labute approximate surface area is 164 Å². The van der Waals surface area contributed by atoms with Gasteiger partial charge in [-0.05, 0) is 49.9 Å². The van der Waals surface area contributed by atoms with Gasteiger partial charge in [0.2, 0.25) is 10.0 Å². The second-order valence-corrected chi connectivity index (χ2v) is 8.13. The summed E-state index contributed by atoms with van der Waals surface area (Å²) in [6.45, 7) is 0. The Morgan fingerprint density at radius 3 is 2.14 bits per heavy atom. The van der Waals surface area contributed by atoms with Crippen molar-refractivity contribution in [1.29, 1.82) is 0 Å². The molecular weight excluding hydrogens is 418 g/mol. The number of halogens is 4. The first-order chi connectivity index (χ1) is 13.6. The molecule has 158 valence electrons. The van der Waals surface area contributed by atoms with Gasteiger partial charge in [0.05, 0.1) is 17.3 Å². The first-order valence-corrected chi connectivity index (χ1v) is 10.1. The molecule has 1 heterocycles. The van der Waals surface area contributed by atoms with E-state index in [-0.39, 0.29) is 23.1 Å². The Hall–Kier alpha value is -2.47. The third kappa shape index (κ3) is 6.26. The van der Waals surface area contributed by atoms with Crippen LogP contribution in [0.25, 0.3) is 0 Å². The zero-order valence-corrected chi connectivity index (χ0v) is 15.7. The fourth-order valence-corrected chi connectivity index (χ4v) is 4.22. The molecule has 1 aromatic carbocycles. The maximum atomic E-state index is 12.8. The maximum absolute atomic E-state index is 12.8. The van der Waals surface area contributed by atoms with E-state index in [9.17, 15) is 26.0 Å². The molecule has 0 radical (unpaired) electrons. The molecule has 1 N–H and O–H groups in total. The Balaban J connectivity index is 1.53. The number of ether oxygens (including phenoxy) is 2. The zero-order chi connectivity index (χ0) is 21.1. The molecule has 1 fully saturated rings. The van der Waals surface area contributed by atoms with Gasteiger partial charge in [-0.15, -0.1) is 13.2 Å². The van der Waals surface area contributed by atoms with Crippen LogP contribution in [0.2, 0.25) is 0 Å². The van der Waals surface area contributed by atoms with E-state index in [1.165, 1.54) is 0 Å². The minimum atomic E-state index is -4.85. The van der Waals surface area contributed by atoms with Gasteiger partial charge < -0.3 is 9.47 Å². The minimum absolute atomic E-state index is 0.0524. The Morgan fingerprint density at radius 2 is 1.59 bits per heavy atom. The van der Waals surface area contributed by atoms with E-state index >= 15 is 0 Å². The van der Waals surface area contributed by atoms with Gasteiger partial charge in [0.15, 0.2) is 5.82 Å². The fraction of sp³-hybridized carbons (Fsp3) is 0.412. The third-order valence-electron chi connectivity index (χ3n) is 4.23. The molecule has 0 saturated heterocycles. The van der Waals surface area contributed by atoms with E-state index in [1.54, 1.807) is 0 Å². The summed E-state index contributed by atoms with van der Waals surface area (Å²) in [7, 11) is -3.90. The third-order valence-corrected chi connectivity index (χ3v) is 5.77. The van der Waals surface area contributed by atoms with Crippen molar-refractivity contribution in [1.82, 2.24) is 14.7 Å². The van der Waals surface area contributed by atoms with Gasteiger partial charge in [-0.25, -0.2) is 27.5 Å².